The maximum Gasteiger partial charge on any atom is 0.146 e. The monoisotopic (exact) mass is 294 g/mol. The first-order chi connectivity index (χ1) is 8.06. The zero-order chi connectivity index (χ0) is 12.4. The van der Waals surface area contributed by atoms with Crippen LogP contribution in [0.25, 0.3) is 0 Å². The van der Waals surface area contributed by atoms with Crippen molar-refractivity contribution in [3.8, 4) is 0 Å². The Morgan fingerprint density at radius 3 is 2.71 bits per heavy atom. The average molecular weight is 295 g/mol. The van der Waals surface area contributed by atoms with Crippen LogP contribution in [-0.2, 0) is 0 Å². The number of halogens is 2. The molecule has 0 bridgehead atoms. The number of aryl methyl sites for hydroxylation is 2. The van der Waals surface area contributed by atoms with Crippen molar-refractivity contribution in [3.63, 3.8) is 0 Å². The minimum atomic E-state index is -0.280. The summed E-state index contributed by atoms with van der Waals surface area (Å²) in [6.07, 6.45) is 1.70. The van der Waals surface area contributed by atoms with E-state index >= 15 is 0 Å². The van der Waals surface area contributed by atoms with Gasteiger partial charge in [-0.2, -0.15) is 0 Å². The molecule has 88 valence electrons. The van der Waals surface area contributed by atoms with Crippen LogP contribution in [0.4, 0.5) is 15.9 Å². The Hall–Kier alpha value is -1.42. The van der Waals surface area contributed by atoms with E-state index in [9.17, 15) is 4.39 Å². The topological polar surface area (TPSA) is 24.9 Å². The molecule has 0 unspecified atom stereocenters. The quantitative estimate of drug-likeness (QED) is 0.891. The second kappa shape index (κ2) is 4.84. The van der Waals surface area contributed by atoms with Gasteiger partial charge in [-0.05, 0) is 59.1 Å². The van der Waals surface area contributed by atoms with Gasteiger partial charge < -0.3 is 5.32 Å². The van der Waals surface area contributed by atoms with Crippen LogP contribution >= 0.6 is 15.9 Å². The van der Waals surface area contributed by atoms with Crippen molar-refractivity contribution >= 4 is 27.4 Å². The van der Waals surface area contributed by atoms with Crippen molar-refractivity contribution < 1.29 is 4.39 Å². The summed E-state index contributed by atoms with van der Waals surface area (Å²) < 4.78 is 14.5. The number of rotatable bonds is 2. The number of hydrogen-bond donors (Lipinski definition) is 1. The molecule has 2 nitrogen and oxygen atoms in total. The third-order valence-corrected chi connectivity index (χ3v) is 3.26. The van der Waals surface area contributed by atoms with Crippen molar-refractivity contribution in [1.82, 2.24) is 4.98 Å². The van der Waals surface area contributed by atoms with Crippen LogP contribution < -0.4 is 5.32 Å². The van der Waals surface area contributed by atoms with E-state index in [0.29, 0.717) is 11.5 Å². The van der Waals surface area contributed by atoms with Gasteiger partial charge in [-0.15, -0.1) is 0 Å². The molecule has 1 aromatic heterocycles. The smallest absolute Gasteiger partial charge is 0.146 e. The number of hydrogen-bond acceptors (Lipinski definition) is 2. The molecule has 1 aromatic carbocycles. The van der Waals surface area contributed by atoms with Crippen molar-refractivity contribution in [1.29, 1.82) is 0 Å². The lowest BCUT2D eigenvalue weighted by molar-refractivity contribution is 0.631. The summed E-state index contributed by atoms with van der Waals surface area (Å²) in [5.74, 6) is 0.355. The number of aromatic nitrogens is 1. The summed E-state index contributed by atoms with van der Waals surface area (Å²) in [7, 11) is 0. The van der Waals surface area contributed by atoms with Crippen molar-refractivity contribution in [3.05, 3.63) is 51.9 Å². The highest BCUT2D eigenvalue weighted by Gasteiger charge is 2.04. The molecule has 0 aliphatic heterocycles. The highest BCUT2D eigenvalue weighted by molar-refractivity contribution is 9.10. The van der Waals surface area contributed by atoms with E-state index in [2.05, 4.69) is 26.2 Å². The fourth-order valence-electron chi connectivity index (χ4n) is 1.48. The zero-order valence-electron chi connectivity index (χ0n) is 9.59. The second-order valence-corrected chi connectivity index (χ2v) is 4.78. The molecule has 2 aromatic rings. The van der Waals surface area contributed by atoms with Gasteiger partial charge in [0.15, 0.2) is 0 Å². The molecule has 1 N–H and O–H groups in total. The van der Waals surface area contributed by atoms with Crippen LogP contribution in [-0.4, -0.2) is 4.98 Å². The Kier molecular flexibility index (Phi) is 3.43. The van der Waals surface area contributed by atoms with Gasteiger partial charge in [0.05, 0.1) is 5.69 Å². The van der Waals surface area contributed by atoms with E-state index < -0.39 is 0 Å². The molecule has 0 saturated carbocycles. The fourth-order valence-corrected chi connectivity index (χ4v) is 1.70. The van der Waals surface area contributed by atoms with Gasteiger partial charge in [-0.25, -0.2) is 9.37 Å². The van der Waals surface area contributed by atoms with Crippen LogP contribution in [0, 0.1) is 19.7 Å². The second-order valence-electron chi connectivity index (χ2n) is 3.93. The Bertz CT molecular complexity index is 555. The molecule has 0 spiro atoms. The fraction of sp³-hybridized carbons (Fsp3) is 0.154. The Morgan fingerprint density at radius 1 is 1.24 bits per heavy atom. The van der Waals surface area contributed by atoms with Crippen LogP contribution in [0.3, 0.4) is 0 Å². The lowest BCUT2D eigenvalue weighted by Crippen LogP contribution is -1.97. The van der Waals surface area contributed by atoms with Gasteiger partial charge in [-0.1, -0.05) is 6.07 Å². The first kappa shape index (κ1) is 12.0. The molecule has 0 aliphatic rings. The molecule has 0 aliphatic carbocycles. The summed E-state index contributed by atoms with van der Waals surface area (Å²) in [6.45, 7) is 3.88. The molecule has 0 amide bonds. The maximum absolute atomic E-state index is 13.5. The third-order valence-electron chi connectivity index (χ3n) is 2.43. The van der Waals surface area contributed by atoms with Gasteiger partial charge in [0.1, 0.15) is 11.6 Å². The lowest BCUT2D eigenvalue weighted by atomic mass is 10.2. The third kappa shape index (κ3) is 2.82. The molecule has 4 heteroatoms. The first-order valence-corrected chi connectivity index (χ1v) is 6.01. The minimum Gasteiger partial charge on any atom is -0.338 e. The highest BCUT2D eigenvalue weighted by atomic mass is 79.9. The normalized spacial score (nSPS) is 10.4. The summed E-state index contributed by atoms with van der Waals surface area (Å²) >= 11 is 3.38. The van der Waals surface area contributed by atoms with Crippen LogP contribution in [0.15, 0.2) is 34.9 Å². The molecule has 1 heterocycles. The van der Waals surface area contributed by atoms with Gasteiger partial charge in [0.2, 0.25) is 0 Å². The van der Waals surface area contributed by atoms with E-state index in [1.165, 1.54) is 6.07 Å². The van der Waals surface area contributed by atoms with E-state index in [4.69, 9.17) is 0 Å². The Labute approximate surface area is 108 Å². The van der Waals surface area contributed by atoms with E-state index in [1.807, 2.05) is 19.9 Å². The van der Waals surface area contributed by atoms with E-state index in [1.54, 1.807) is 18.3 Å². The van der Waals surface area contributed by atoms with Crippen molar-refractivity contribution in [2.24, 2.45) is 0 Å². The number of benzene rings is 1. The summed E-state index contributed by atoms with van der Waals surface area (Å²) in [5, 5.41) is 2.97. The van der Waals surface area contributed by atoms with Crippen LogP contribution in [0.2, 0.25) is 0 Å². The Balaban J connectivity index is 2.31. The van der Waals surface area contributed by atoms with E-state index in [0.717, 1.165) is 15.6 Å². The number of anilines is 2. The lowest BCUT2D eigenvalue weighted by Gasteiger charge is -2.08. The van der Waals surface area contributed by atoms with Gasteiger partial charge in [-0.3, -0.25) is 0 Å². The van der Waals surface area contributed by atoms with Gasteiger partial charge in [0.25, 0.3) is 0 Å². The summed E-state index contributed by atoms with van der Waals surface area (Å²) in [4.78, 5) is 4.18. The van der Waals surface area contributed by atoms with E-state index in [-0.39, 0.29) is 5.82 Å². The maximum atomic E-state index is 13.5. The number of nitrogens with one attached hydrogen (secondary N) is 1. The highest BCUT2D eigenvalue weighted by Crippen LogP contribution is 2.22. The molecule has 0 atom stereocenters. The first-order valence-electron chi connectivity index (χ1n) is 5.21. The number of nitrogens with zero attached hydrogens (tertiary/aromatic N) is 1. The van der Waals surface area contributed by atoms with Crippen LogP contribution in [0.5, 0.6) is 0 Å². The standard InChI is InChI=1S/C13H12BrFN2/c1-8-3-4-11(15)12(5-8)17-13-6-9(2)10(14)7-16-13/h3-7H,1-2H3,(H,16,17). The zero-order valence-corrected chi connectivity index (χ0v) is 11.2. The predicted molar refractivity (Wildman–Crippen MR) is 71.1 cm³/mol. The van der Waals surface area contributed by atoms with Crippen LogP contribution in [0.1, 0.15) is 11.1 Å². The molecular formula is C13H12BrFN2. The molecule has 2 rings (SSSR count). The molecule has 0 saturated heterocycles. The largest absolute Gasteiger partial charge is 0.338 e. The molecular weight excluding hydrogens is 283 g/mol. The van der Waals surface area contributed by atoms with Gasteiger partial charge >= 0.3 is 0 Å². The average Bonchev–Trinajstić information content (AvgIpc) is 2.29. The predicted octanol–water partition coefficient (Wildman–Crippen LogP) is 4.34. The SMILES string of the molecule is Cc1ccc(F)c(Nc2cc(C)c(Br)cn2)c1. The molecule has 17 heavy (non-hydrogen) atoms. The molecule has 0 fully saturated rings. The summed E-state index contributed by atoms with van der Waals surface area (Å²) in [5.41, 5.74) is 2.50. The summed E-state index contributed by atoms with van der Waals surface area (Å²) in [6, 6.07) is 6.81. The van der Waals surface area contributed by atoms with Gasteiger partial charge in [0, 0.05) is 10.7 Å². The minimum absolute atomic E-state index is 0.280. The van der Waals surface area contributed by atoms with Crippen molar-refractivity contribution in [2.45, 2.75) is 13.8 Å². The molecule has 0 radical (unpaired) electrons. The number of pyridine rings is 1. The van der Waals surface area contributed by atoms with Crippen molar-refractivity contribution in [2.75, 3.05) is 5.32 Å². The Morgan fingerprint density at radius 2 is 2.00 bits per heavy atom.